The minimum atomic E-state index is -0.456. The van der Waals surface area contributed by atoms with Gasteiger partial charge in [-0.2, -0.15) is 0 Å². The van der Waals surface area contributed by atoms with Crippen LogP contribution < -0.4 is 15.4 Å². The first-order valence-corrected chi connectivity index (χ1v) is 17.3. The fourth-order valence-electron chi connectivity index (χ4n) is 6.35. The van der Waals surface area contributed by atoms with E-state index in [-0.39, 0.29) is 30.6 Å². The summed E-state index contributed by atoms with van der Waals surface area (Å²) in [5.74, 6) is 0.144. The molecule has 4 aromatic carbocycles. The predicted molar refractivity (Wildman–Crippen MR) is 196 cm³/mol. The minimum Gasteiger partial charge on any atom is -0.490 e. The first kappa shape index (κ1) is 35.9. The summed E-state index contributed by atoms with van der Waals surface area (Å²) >= 11 is 0. The fraction of sp³-hybridized carbons (Fsp3) is 0.400. The van der Waals surface area contributed by atoms with Gasteiger partial charge in [0, 0.05) is 43.2 Å². The highest BCUT2D eigenvalue weighted by molar-refractivity contribution is 6.07. The number of rotatable bonds is 8. The average Bonchev–Trinajstić information content (AvgIpc) is 3.10. The number of aliphatic hydroxyl groups excluding tert-OH is 1. The van der Waals surface area contributed by atoms with Crippen molar-refractivity contribution in [3.8, 4) is 5.75 Å². The van der Waals surface area contributed by atoms with Crippen LogP contribution in [-0.2, 0) is 11.3 Å². The van der Waals surface area contributed by atoms with E-state index >= 15 is 0 Å². The van der Waals surface area contributed by atoms with Crippen LogP contribution in [-0.4, -0.2) is 78.4 Å². The van der Waals surface area contributed by atoms with E-state index in [0.29, 0.717) is 42.4 Å². The smallest absolute Gasteiger partial charge is 0.323 e. The number of aliphatic hydroxyl groups is 1. The molecular weight excluding hydrogens is 616 g/mol. The zero-order chi connectivity index (χ0) is 34.8. The third-order valence-corrected chi connectivity index (χ3v) is 9.13. The van der Waals surface area contributed by atoms with Gasteiger partial charge in [0.2, 0.25) is 0 Å². The molecule has 4 atom stereocenters. The second kappa shape index (κ2) is 17.3. The molecule has 0 aliphatic carbocycles. The van der Waals surface area contributed by atoms with E-state index in [1.807, 2.05) is 74.5 Å². The van der Waals surface area contributed by atoms with Crippen LogP contribution >= 0.6 is 0 Å². The van der Waals surface area contributed by atoms with Crippen LogP contribution in [0.2, 0.25) is 0 Å². The Morgan fingerprint density at radius 1 is 0.980 bits per heavy atom. The molecule has 260 valence electrons. The SMILES string of the molecule is C[C@@H]1CCCCO[C@@H](CN(C)Cc2ccccc2)[C@H](C)CN([C@@H](C)CO)C(=O)c2cc(NC(=O)Nc3cccc4ccccc34)ccc2O1. The van der Waals surface area contributed by atoms with Gasteiger partial charge in [-0.15, -0.1) is 0 Å². The van der Waals surface area contributed by atoms with E-state index in [0.717, 1.165) is 36.6 Å². The Morgan fingerprint density at radius 2 is 1.73 bits per heavy atom. The van der Waals surface area contributed by atoms with Crippen LogP contribution in [0.1, 0.15) is 56.0 Å². The maximum atomic E-state index is 14.5. The summed E-state index contributed by atoms with van der Waals surface area (Å²) < 4.78 is 12.9. The molecule has 49 heavy (non-hydrogen) atoms. The number of amides is 3. The fourth-order valence-corrected chi connectivity index (χ4v) is 6.35. The molecule has 3 amide bonds. The molecule has 5 rings (SSSR count). The van der Waals surface area contributed by atoms with Gasteiger partial charge in [-0.3, -0.25) is 9.69 Å². The predicted octanol–water partition coefficient (Wildman–Crippen LogP) is 7.41. The highest BCUT2D eigenvalue weighted by Gasteiger charge is 2.30. The first-order chi connectivity index (χ1) is 23.7. The lowest BCUT2D eigenvalue weighted by molar-refractivity contribution is -0.0177. The standard InChI is InChI=1S/C40H50N4O5/c1-28-24-44(29(2)27-45)39(46)35-23-33(41-40(47)42-36-19-12-17-32-16-8-9-18-34(32)36)20-21-37(35)49-30(3)13-10-11-22-48-38(28)26-43(4)25-31-14-6-5-7-15-31/h5-9,12,14-21,23,28-30,38,45H,10-11,13,22,24-27H2,1-4H3,(H2,41,42,47)/t28-,29+,30-,38+/m1/s1. The zero-order valence-corrected chi connectivity index (χ0v) is 29.1. The van der Waals surface area contributed by atoms with E-state index in [1.165, 1.54) is 5.56 Å². The Labute approximate surface area is 290 Å². The summed E-state index contributed by atoms with van der Waals surface area (Å²) in [4.78, 5) is 31.6. The highest BCUT2D eigenvalue weighted by atomic mass is 16.5. The third-order valence-electron chi connectivity index (χ3n) is 9.13. The van der Waals surface area contributed by atoms with Crippen molar-refractivity contribution in [2.24, 2.45) is 5.92 Å². The molecule has 0 saturated carbocycles. The Bertz CT molecular complexity index is 1680. The summed E-state index contributed by atoms with van der Waals surface area (Å²) in [6.07, 6.45) is 2.36. The van der Waals surface area contributed by atoms with Crippen molar-refractivity contribution in [3.63, 3.8) is 0 Å². The molecule has 1 aliphatic heterocycles. The van der Waals surface area contributed by atoms with E-state index < -0.39 is 12.1 Å². The highest BCUT2D eigenvalue weighted by Crippen LogP contribution is 2.29. The second-order valence-corrected chi connectivity index (χ2v) is 13.3. The number of anilines is 2. The van der Waals surface area contributed by atoms with Crippen molar-refractivity contribution in [2.75, 3.05) is 44.0 Å². The summed E-state index contributed by atoms with van der Waals surface area (Å²) in [5.41, 5.74) is 2.70. The van der Waals surface area contributed by atoms with Crippen molar-refractivity contribution in [2.45, 2.75) is 64.8 Å². The van der Waals surface area contributed by atoms with Crippen molar-refractivity contribution >= 4 is 34.1 Å². The number of fused-ring (bicyclic) bond motifs is 2. The first-order valence-electron chi connectivity index (χ1n) is 17.3. The van der Waals surface area contributed by atoms with Crippen LogP contribution in [0.15, 0.2) is 91.0 Å². The summed E-state index contributed by atoms with van der Waals surface area (Å²) in [7, 11) is 2.09. The van der Waals surface area contributed by atoms with Gasteiger partial charge in [0.05, 0.1) is 36.1 Å². The molecule has 0 saturated heterocycles. The van der Waals surface area contributed by atoms with Crippen molar-refractivity contribution < 1.29 is 24.2 Å². The van der Waals surface area contributed by atoms with E-state index in [9.17, 15) is 14.7 Å². The minimum absolute atomic E-state index is 0.0322. The molecule has 1 aliphatic rings. The van der Waals surface area contributed by atoms with Crippen molar-refractivity contribution in [1.82, 2.24) is 9.80 Å². The zero-order valence-electron chi connectivity index (χ0n) is 29.1. The number of ether oxygens (including phenoxy) is 2. The lowest BCUT2D eigenvalue weighted by atomic mass is 10.0. The largest absolute Gasteiger partial charge is 0.490 e. The number of nitrogens with zero attached hydrogens (tertiary/aromatic N) is 2. The molecule has 9 heteroatoms. The Balaban J connectivity index is 1.39. The van der Waals surface area contributed by atoms with Gasteiger partial charge in [-0.1, -0.05) is 73.7 Å². The lowest BCUT2D eigenvalue weighted by Gasteiger charge is -2.36. The number of carbonyl (C=O) groups excluding carboxylic acids is 2. The van der Waals surface area contributed by atoms with Gasteiger partial charge < -0.3 is 30.1 Å². The Hall–Kier alpha value is -4.44. The number of hydrogen-bond donors (Lipinski definition) is 3. The van der Waals surface area contributed by atoms with Gasteiger partial charge >= 0.3 is 6.03 Å². The number of likely N-dealkylation sites (N-methyl/N-ethyl adjacent to an activating group) is 1. The monoisotopic (exact) mass is 666 g/mol. The van der Waals surface area contributed by atoms with Crippen molar-refractivity contribution in [3.05, 3.63) is 102 Å². The van der Waals surface area contributed by atoms with Gasteiger partial charge in [0.1, 0.15) is 5.75 Å². The van der Waals surface area contributed by atoms with Crippen LogP contribution in [0.4, 0.5) is 16.2 Å². The summed E-state index contributed by atoms with van der Waals surface area (Å²) in [6.45, 7) is 8.23. The summed E-state index contributed by atoms with van der Waals surface area (Å²) in [5, 5.41) is 18.1. The van der Waals surface area contributed by atoms with Gasteiger partial charge in [0.15, 0.2) is 0 Å². The Morgan fingerprint density at radius 3 is 2.53 bits per heavy atom. The molecule has 4 aromatic rings. The molecule has 0 unspecified atom stereocenters. The quantitative estimate of drug-likeness (QED) is 0.181. The molecule has 0 aromatic heterocycles. The third kappa shape index (κ3) is 9.81. The number of benzene rings is 4. The van der Waals surface area contributed by atoms with E-state index in [4.69, 9.17) is 9.47 Å². The van der Waals surface area contributed by atoms with E-state index in [1.54, 1.807) is 23.1 Å². The molecule has 0 spiro atoms. The van der Waals surface area contributed by atoms with Crippen molar-refractivity contribution in [1.29, 1.82) is 0 Å². The van der Waals surface area contributed by atoms with Gasteiger partial charge in [-0.25, -0.2) is 4.79 Å². The van der Waals surface area contributed by atoms with Crippen LogP contribution in [0, 0.1) is 5.92 Å². The topological polar surface area (TPSA) is 103 Å². The average molecular weight is 667 g/mol. The van der Waals surface area contributed by atoms with Crippen LogP contribution in [0.5, 0.6) is 5.75 Å². The molecule has 1 heterocycles. The molecule has 0 bridgehead atoms. The number of carbonyl (C=O) groups is 2. The van der Waals surface area contributed by atoms with E-state index in [2.05, 4.69) is 41.6 Å². The van der Waals surface area contributed by atoms with Crippen LogP contribution in [0.3, 0.4) is 0 Å². The number of hydrogen-bond acceptors (Lipinski definition) is 6. The maximum absolute atomic E-state index is 14.5. The number of urea groups is 1. The number of nitrogens with one attached hydrogen (secondary N) is 2. The molecular formula is C40H50N4O5. The lowest BCUT2D eigenvalue weighted by Crippen LogP contribution is -2.47. The Kier molecular flexibility index (Phi) is 12.6. The molecule has 3 N–H and O–H groups in total. The molecule has 9 nitrogen and oxygen atoms in total. The molecule has 0 fully saturated rings. The normalized spacial score (nSPS) is 19.8. The second-order valence-electron chi connectivity index (χ2n) is 13.3. The van der Waals surface area contributed by atoms with Gasteiger partial charge in [0.25, 0.3) is 5.91 Å². The van der Waals surface area contributed by atoms with Crippen LogP contribution in [0.25, 0.3) is 10.8 Å². The molecule has 0 radical (unpaired) electrons. The maximum Gasteiger partial charge on any atom is 0.323 e. The summed E-state index contributed by atoms with van der Waals surface area (Å²) in [6, 6.07) is 28.2. The van der Waals surface area contributed by atoms with Gasteiger partial charge in [-0.05, 0) is 75.4 Å².